The smallest absolute Gasteiger partial charge is 0.228 e. The first-order valence-electron chi connectivity index (χ1n) is 11.2. The second kappa shape index (κ2) is 6.73. The fourth-order valence-electron chi connectivity index (χ4n) is 4.02. The topological polar surface area (TPSA) is 100 Å². The predicted molar refractivity (Wildman–Crippen MR) is 111 cm³/mol. The van der Waals surface area contributed by atoms with Crippen molar-refractivity contribution in [3.63, 3.8) is 0 Å². The Morgan fingerprint density at radius 1 is 1.34 bits per heavy atom. The lowest BCUT2D eigenvalue weighted by Crippen LogP contribution is -2.36. The van der Waals surface area contributed by atoms with E-state index in [2.05, 4.69) is 25.4 Å². The van der Waals surface area contributed by atoms with E-state index in [1.165, 1.54) is 0 Å². The molecular formula is C21H24N6O2. The summed E-state index contributed by atoms with van der Waals surface area (Å²) in [6.45, 7) is 1.84. The molecule has 0 atom stereocenters. The van der Waals surface area contributed by atoms with E-state index in [9.17, 15) is 5.11 Å². The lowest BCUT2D eigenvalue weighted by molar-refractivity contribution is 0.0195. The number of nitrogens with zero attached hydrogens (tertiary/aromatic N) is 4. The SMILES string of the molecule is [2H]C([2H])([2H])Oc1nc(NC2CCC(C)(O)CC2)nc2[nH]cc(-c3ccn4nccc4c3)c12. The van der Waals surface area contributed by atoms with Gasteiger partial charge in [-0.2, -0.15) is 15.1 Å². The van der Waals surface area contributed by atoms with Crippen molar-refractivity contribution in [2.45, 2.75) is 44.2 Å². The fraction of sp³-hybridized carbons (Fsp3) is 0.381. The molecule has 3 N–H and O–H groups in total. The van der Waals surface area contributed by atoms with Crippen molar-refractivity contribution in [1.29, 1.82) is 0 Å². The van der Waals surface area contributed by atoms with Crippen LogP contribution >= 0.6 is 0 Å². The number of aliphatic hydroxyl groups is 1. The Morgan fingerprint density at radius 3 is 3.03 bits per heavy atom. The van der Waals surface area contributed by atoms with Crippen LogP contribution in [-0.4, -0.2) is 48.4 Å². The first-order valence-corrected chi connectivity index (χ1v) is 9.68. The van der Waals surface area contributed by atoms with E-state index in [1.54, 1.807) is 16.9 Å². The van der Waals surface area contributed by atoms with Crippen LogP contribution in [0.5, 0.6) is 5.88 Å². The van der Waals surface area contributed by atoms with E-state index >= 15 is 0 Å². The third kappa shape index (κ3) is 3.29. The highest BCUT2D eigenvalue weighted by Gasteiger charge is 2.29. The van der Waals surface area contributed by atoms with Crippen LogP contribution in [0.1, 0.15) is 36.7 Å². The van der Waals surface area contributed by atoms with E-state index in [1.807, 2.05) is 31.3 Å². The molecule has 8 heteroatoms. The number of anilines is 1. The van der Waals surface area contributed by atoms with Crippen molar-refractivity contribution in [2.24, 2.45) is 0 Å². The highest BCUT2D eigenvalue weighted by atomic mass is 16.5. The summed E-state index contributed by atoms with van der Waals surface area (Å²) in [6, 6.07) is 5.82. The second-order valence-corrected chi connectivity index (χ2v) is 7.91. The quantitative estimate of drug-likeness (QED) is 0.490. The minimum atomic E-state index is -2.66. The monoisotopic (exact) mass is 395 g/mol. The Morgan fingerprint density at radius 2 is 2.21 bits per heavy atom. The Balaban J connectivity index is 1.54. The number of aromatic nitrogens is 5. The molecule has 0 amide bonds. The number of nitrogens with one attached hydrogen (secondary N) is 2. The maximum absolute atomic E-state index is 10.2. The first-order chi connectivity index (χ1) is 15.2. The molecule has 0 unspecified atom stereocenters. The number of ether oxygens (including phenoxy) is 1. The van der Waals surface area contributed by atoms with Crippen molar-refractivity contribution in [3.8, 4) is 17.0 Å². The lowest BCUT2D eigenvalue weighted by atomic mass is 9.84. The van der Waals surface area contributed by atoms with Crippen LogP contribution in [0.3, 0.4) is 0 Å². The molecule has 1 saturated carbocycles. The maximum atomic E-state index is 10.2. The van der Waals surface area contributed by atoms with Gasteiger partial charge in [0, 0.05) is 30.2 Å². The van der Waals surface area contributed by atoms with Gasteiger partial charge in [-0.05, 0) is 56.4 Å². The molecule has 0 saturated heterocycles. The van der Waals surface area contributed by atoms with Gasteiger partial charge in [-0.1, -0.05) is 0 Å². The van der Waals surface area contributed by atoms with Gasteiger partial charge in [0.2, 0.25) is 11.8 Å². The van der Waals surface area contributed by atoms with Gasteiger partial charge in [-0.3, -0.25) is 0 Å². The first kappa shape index (κ1) is 14.8. The van der Waals surface area contributed by atoms with E-state index in [0.29, 0.717) is 29.8 Å². The predicted octanol–water partition coefficient (Wildman–Crippen LogP) is 3.39. The minimum Gasteiger partial charge on any atom is -0.480 e. The van der Waals surface area contributed by atoms with Crippen LogP contribution in [-0.2, 0) is 0 Å². The van der Waals surface area contributed by atoms with Gasteiger partial charge in [0.05, 0.1) is 27.7 Å². The maximum Gasteiger partial charge on any atom is 0.228 e. The van der Waals surface area contributed by atoms with Gasteiger partial charge in [-0.15, -0.1) is 0 Å². The third-order valence-corrected chi connectivity index (χ3v) is 5.70. The normalized spacial score (nSPS) is 24.2. The van der Waals surface area contributed by atoms with Crippen molar-refractivity contribution in [2.75, 3.05) is 12.4 Å². The Bertz CT molecular complexity index is 1270. The third-order valence-electron chi connectivity index (χ3n) is 5.70. The molecule has 1 aliphatic rings. The molecule has 5 rings (SSSR count). The van der Waals surface area contributed by atoms with Gasteiger partial charge in [0.25, 0.3) is 0 Å². The van der Waals surface area contributed by atoms with E-state index in [-0.39, 0.29) is 11.9 Å². The second-order valence-electron chi connectivity index (χ2n) is 7.91. The molecule has 0 radical (unpaired) electrons. The Labute approximate surface area is 172 Å². The van der Waals surface area contributed by atoms with Gasteiger partial charge < -0.3 is 20.1 Å². The Hall–Kier alpha value is -3.13. The molecule has 0 spiro atoms. The van der Waals surface area contributed by atoms with Gasteiger partial charge in [0.15, 0.2) is 0 Å². The fourth-order valence-corrected chi connectivity index (χ4v) is 4.02. The minimum absolute atomic E-state index is 0.00932. The van der Waals surface area contributed by atoms with Crippen LogP contribution in [0.15, 0.2) is 36.8 Å². The average molecular weight is 395 g/mol. The molecule has 0 aromatic carbocycles. The summed E-state index contributed by atoms with van der Waals surface area (Å²) in [6.07, 6.45) is 8.21. The zero-order chi connectivity index (χ0) is 22.5. The number of methoxy groups -OCH3 is 1. The number of H-pyrrole nitrogens is 1. The summed E-state index contributed by atoms with van der Waals surface area (Å²) in [7, 11) is -2.66. The van der Waals surface area contributed by atoms with Crippen molar-refractivity contribution < 1.29 is 14.0 Å². The van der Waals surface area contributed by atoms with Crippen molar-refractivity contribution in [3.05, 3.63) is 36.8 Å². The number of aromatic amines is 1. The van der Waals surface area contributed by atoms with Gasteiger partial charge >= 0.3 is 0 Å². The molecule has 0 bridgehead atoms. The molecule has 29 heavy (non-hydrogen) atoms. The van der Waals surface area contributed by atoms with Crippen molar-refractivity contribution >= 4 is 22.5 Å². The molecule has 1 fully saturated rings. The molecular weight excluding hydrogens is 368 g/mol. The molecule has 4 aromatic rings. The lowest BCUT2D eigenvalue weighted by Gasteiger charge is -2.33. The molecule has 1 aliphatic carbocycles. The molecule has 8 nitrogen and oxygen atoms in total. The molecule has 150 valence electrons. The standard InChI is InChI=1S/C21H24N6O2/c1-21(28)7-3-14(4-8-21)24-20-25-18-17(19(26-20)29-2)16(12-22-18)13-6-10-27-15(11-13)5-9-23-27/h5-6,9-12,14,28H,3-4,7-8H2,1-2H3,(H2,22,24,25,26)/i2D3. The summed E-state index contributed by atoms with van der Waals surface area (Å²) in [5.74, 6) is 0.285. The van der Waals surface area contributed by atoms with Crippen LogP contribution < -0.4 is 10.1 Å². The number of pyridine rings is 1. The van der Waals surface area contributed by atoms with Gasteiger partial charge in [0.1, 0.15) is 5.65 Å². The summed E-state index contributed by atoms with van der Waals surface area (Å²) < 4.78 is 29.9. The highest BCUT2D eigenvalue weighted by Crippen LogP contribution is 2.35. The van der Waals surface area contributed by atoms with E-state index < -0.39 is 12.6 Å². The van der Waals surface area contributed by atoms with Gasteiger partial charge in [-0.25, -0.2) is 4.52 Å². The number of fused-ring (bicyclic) bond motifs is 2. The average Bonchev–Trinajstić information content (AvgIpc) is 3.34. The zero-order valence-electron chi connectivity index (χ0n) is 19.0. The largest absolute Gasteiger partial charge is 0.480 e. The number of hydrogen-bond donors (Lipinski definition) is 3. The summed E-state index contributed by atoms with van der Waals surface area (Å²) in [4.78, 5) is 12.1. The van der Waals surface area contributed by atoms with E-state index in [0.717, 1.165) is 29.5 Å². The molecule has 4 heterocycles. The van der Waals surface area contributed by atoms with Crippen molar-refractivity contribution in [1.82, 2.24) is 24.6 Å². The van der Waals surface area contributed by atoms with Crippen LogP contribution in [0.4, 0.5) is 5.95 Å². The number of hydrogen-bond acceptors (Lipinski definition) is 6. The summed E-state index contributed by atoms with van der Waals surface area (Å²) in [5.41, 5.74) is 2.33. The summed E-state index contributed by atoms with van der Waals surface area (Å²) in [5, 5.41) is 18.2. The molecule has 0 aliphatic heterocycles. The Kier molecular flexibility index (Phi) is 3.44. The van der Waals surface area contributed by atoms with E-state index in [4.69, 9.17) is 8.85 Å². The summed E-state index contributed by atoms with van der Waals surface area (Å²) >= 11 is 0. The molecule has 4 aromatic heterocycles. The van der Waals surface area contributed by atoms with Crippen LogP contribution in [0.25, 0.3) is 27.7 Å². The number of rotatable bonds is 4. The van der Waals surface area contributed by atoms with Crippen LogP contribution in [0.2, 0.25) is 0 Å². The zero-order valence-corrected chi connectivity index (χ0v) is 16.0. The highest BCUT2D eigenvalue weighted by molar-refractivity contribution is 5.98. The van der Waals surface area contributed by atoms with Crippen LogP contribution in [0, 0.1) is 0 Å².